The average Bonchev–Trinajstić information content (AvgIpc) is 2.30. The van der Waals surface area contributed by atoms with E-state index in [2.05, 4.69) is 61.3 Å². The third kappa shape index (κ3) is 3.21. The maximum absolute atomic E-state index is 2.72. The molecule has 0 aromatic heterocycles. The van der Waals surface area contributed by atoms with Crippen LogP contribution in [-0.4, -0.2) is 96.6 Å². The van der Waals surface area contributed by atoms with Gasteiger partial charge in [-0.25, -0.2) is 0 Å². The van der Waals surface area contributed by atoms with E-state index in [0.29, 0.717) is 16.5 Å². The van der Waals surface area contributed by atoms with E-state index < -0.39 is 0 Å². The third-order valence-electron chi connectivity index (χ3n) is 6.05. The van der Waals surface area contributed by atoms with Crippen molar-refractivity contribution in [1.29, 1.82) is 0 Å². The molecular weight excluding hydrogens is 272 g/mol. The van der Waals surface area contributed by atoms with Crippen LogP contribution >= 0.6 is 0 Å². The second kappa shape index (κ2) is 5.44. The predicted molar refractivity (Wildman–Crippen MR) is 93.3 cm³/mol. The van der Waals surface area contributed by atoms with Crippen LogP contribution in [0.1, 0.15) is 34.6 Å². The van der Waals surface area contributed by atoms with Crippen molar-refractivity contribution in [2.24, 2.45) is 5.41 Å². The summed E-state index contributed by atoms with van der Waals surface area (Å²) >= 11 is 0. The highest BCUT2D eigenvalue weighted by Crippen LogP contribution is 2.42. The van der Waals surface area contributed by atoms with Crippen molar-refractivity contribution in [3.05, 3.63) is 0 Å². The molecular formula is C18H36N4. The van der Waals surface area contributed by atoms with E-state index in [0.717, 1.165) is 0 Å². The lowest BCUT2D eigenvalue weighted by molar-refractivity contribution is -0.146. The molecule has 3 aliphatic heterocycles. The van der Waals surface area contributed by atoms with Crippen molar-refractivity contribution in [1.82, 2.24) is 19.6 Å². The fourth-order valence-electron chi connectivity index (χ4n) is 4.71. The number of hydrogen-bond acceptors (Lipinski definition) is 4. The van der Waals surface area contributed by atoms with Crippen LogP contribution in [0.2, 0.25) is 0 Å². The van der Waals surface area contributed by atoms with Gasteiger partial charge in [0.2, 0.25) is 0 Å². The number of hydrogen-bond donors (Lipinski definition) is 0. The van der Waals surface area contributed by atoms with Gasteiger partial charge in [-0.05, 0) is 41.7 Å². The molecule has 4 nitrogen and oxygen atoms in total. The van der Waals surface area contributed by atoms with Gasteiger partial charge in [0.05, 0.1) is 0 Å². The summed E-state index contributed by atoms with van der Waals surface area (Å²) in [5.41, 5.74) is 1.29. The molecule has 3 rings (SSSR count). The maximum Gasteiger partial charge on any atom is 0.0280 e. The summed E-state index contributed by atoms with van der Waals surface area (Å²) in [6.45, 7) is 23.2. The van der Waals surface area contributed by atoms with E-state index in [1.165, 1.54) is 58.9 Å². The normalized spacial score (nSPS) is 28.6. The SMILES string of the molecule is CN1CC2(C1)CN(C(C)(C)CN1CCN(C(C)(C)C)CC1)C2. The van der Waals surface area contributed by atoms with Crippen LogP contribution in [0.5, 0.6) is 0 Å². The fourth-order valence-corrected chi connectivity index (χ4v) is 4.71. The fraction of sp³-hybridized carbons (Fsp3) is 1.00. The highest BCUT2D eigenvalue weighted by molar-refractivity contribution is 5.08. The minimum absolute atomic E-state index is 0.321. The lowest BCUT2D eigenvalue weighted by Gasteiger charge is -2.64. The van der Waals surface area contributed by atoms with Gasteiger partial charge in [-0.2, -0.15) is 0 Å². The van der Waals surface area contributed by atoms with E-state index in [4.69, 9.17) is 0 Å². The second-order valence-corrected chi connectivity index (χ2v) is 9.77. The zero-order valence-electron chi connectivity index (χ0n) is 15.7. The first kappa shape index (κ1) is 16.7. The molecule has 0 saturated carbocycles. The highest BCUT2D eigenvalue weighted by atomic mass is 15.4. The largest absolute Gasteiger partial charge is 0.305 e. The Morgan fingerprint density at radius 1 is 0.773 bits per heavy atom. The Labute approximate surface area is 137 Å². The lowest BCUT2D eigenvalue weighted by Crippen LogP contribution is -2.75. The molecule has 3 aliphatic rings. The number of likely N-dealkylation sites (tertiary alicyclic amines) is 2. The zero-order chi connectivity index (χ0) is 16.2. The Kier molecular flexibility index (Phi) is 4.13. The molecule has 3 fully saturated rings. The van der Waals surface area contributed by atoms with Crippen LogP contribution < -0.4 is 0 Å². The maximum atomic E-state index is 2.72. The Bertz CT molecular complexity index is 390. The van der Waals surface area contributed by atoms with Gasteiger partial charge in [-0.3, -0.25) is 14.7 Å². The van der Waals surface area contributed by atoms with Crippen LogP contribution in [0, 0.1) is 5.41 Å². The van der Waals surface area contributed by atoms with E-state index in [9.17, 15) is 0 Å². The van der Waals surface area contributed by atoms with Crippen LogP contribution in [0.3, 0.4) is 0 Å². The van der Waals surface area contributed by atoms with E-state index in [-0.39, 0.29) is 0 Å². The molecule has 0 aliphatic carbocycles. The van der Waals surface area contributed by atoms with Crippen molar-refractivity contribution in [3.8, 4) is 0 Å². The molecule has 0 bridgehead atoms. The zero-order valence-corrected chi connectivity index (χ0v) is 15.7. The summed E-state index contributed by atoms with van der Waals surface area (Å²) in [6.07, 6.45) is 0. The molecule has 0 amide bonds. The Morgan fingerprint density at radius 2 is 1.32 bits per heavy atom. The summed E-state index contributed by atoms with van der Waals surface area (Å²) in [4.78, 5) is 10.5. The minimum atomic E-state index is 0.321. The number of nitrogens with zero attached hydrogens (tertiary/aromatic N) is 4. The molecule has 0 atom stereocenters. The van der Waals surface area contributed by atoms with Gasteiger partial charge in [0.1, 0.15) is 0 Å². The Morgan fingerprint density at radius 3 is 1.77 bits per heavy atom. The van der Waals surface area contributed by atoms with Gasteiger partial charge in [0, 0.05) is 75.4 Å². The first-order valence-corrected chi connectivity index (χ1v) is 9.01. The molecule has 0 unspecified atom stereocenters. The molecule has 22 heavy (non-hydrogen) atoms. The van der Waals surface area contributed by atoms with Gasteiger partial charge >= 0.3 is 0 Å². The molecule has 0 aromatic rings. The molecule has 0 aromatic carbocycles. The van der Waals surface area contributed by atoms with Crippen LogP contribution in [0.25, 0.3) is 0 Å². The van der Waals surface area contributed by atoms with Gasteiger partial charge in [0.15, 0.2) is 0 Å². The topological polar surface area (TPSA) is 13.0 Å². The van der Waals surface area contributed by atoms with Gasteiger partial charge in [-0.15, -0.1) is 0 Å². The second-order valence-electron chi connectivity index (χ2n) is 9.77. The third-order valence-corrected chi connectivity index (χ3v) is 6.05. The van der Waals surface area contributed by atoms with Gasteiger partial charge in [-0.1, -0.05) is 0 Å². The van der Waals surface area contributed by atoms with Crippen LogP contribution in [-0.2, 0) is 0 Å². The molecule has 3 saturated heterocycles. The van der Waals surface area contributed by atoms with Crippen molar-refractivity contribution in [3.63, 3.8) is 0 Å². The highest BCUT2D eigenvalue weighted by Gasteiger charge is 2.53. The lowest BCUT2D eigenvalue weighted by atomic mass is 9.71. The molecule has 0 N–H and O–H groups in total. The van der Waals surface area contributed by atoms with Crippen molar-refractivity contribution in [2.75, 3.05) is 66.0 Å². The monoisotopic (exact) mass is 308 g/mol. The van der Waals surface area contributed by atoms with Crippen molar-refractivity contribution >= 4 is 0 Å². The Hall–Kier alpha value is -0.160. The molecule has 4 heteroatoms. The van der Waals surface area contributed by atoms with Crippen LogP contribution in [0.4, 0.5) is 0 Å². The molecule has 3 heterocycles. The van der Waals surface area contributed by atoms with Gasteiger partial charge in [0.25, 0.3) is 0 Å². The van der Waals surface area contributed by atoms with E-state index in [1.54, 1.807) is 0 Å². The van der Waals surface area contributed by atoms with E-state index in [1.807, 2.05) is 0 Å². The molecule has 0 radical (unpaired) electrons. The predicted octanol–water partition coefficient (Wildman–Crippen LogP) is 1.43. The summed E-state index contributed by atoms with van der Waals surface area (Å²) < 4.78 is 0. The number of piperazine rings is 1. The first-order valence-electron chi connectivity index (χ1n) is 9.01. The Balaban J connectivity index is 1.45. The van der Waals surface area contributed by atoms with E-state index >= 15 is 0 Å². The summed E-state index contributed by atoms with van der Waals surface area (Å²) in [7, 11) is 2.24. The summed E-state index contributed by atoms with van der Waals surface area (Å²) in [5, 5.41) is 0. The smallest absolute Gasteiger partial charge is 0.0280 e. The van der Waals surface area contributed by atoms with Crippen LogP contribution in [0.15, 0.2) is 0 Å². The standard InChI is InChI=1S/C18H36N4/c1-16(2,3)21-9-7-20(8-10-21)11-17(4,5)22-14-18(15-22)12-19(6)13-18/h7-15H2,1-6H3. The summed E-state index contributed by atoms with van der Waals surface area (Å²) in [5.74, 6) is 0. The van der Waals surface area contributed by atoms with Gasteiger partial charge < -0.3 is 4.90 Å². The summed E-state index contributed by atoms with van der Waals surface area (Å²) in [6, 6.07) is 0. The molecule has 128 valence electrons. The van der Waals surface area contributed by atoms with Crippen molar-refractivity contribution < 1.29 is 0 Å². The number of rotatable bonds is 3. The molecule has 1 spiro atoms. The quantitative estimate of drug-likeness (QED) is 0.782. The average molecular weight is 309 g/mol. The minimum Gasteiger partial charge on any atom is -0.305 e. The van der Waals surface area contributed by atoms with Crippen molar-refractivity contribution in [2.45, 2.75) is 45.7 Å². The first-order chi connectivity index (χ1) is 10.1.